The quantitative estimate of drug-likeness (QED) is 0.613. The van der Waals surface area contributed by atoms with Gasteiger partial charge in [0.25, 0.3) is 5.56 Å². The van der Waals surface area contributed by atoms with Crippen molar-refractivity contribution in [3.8, 4) is 0 Å². The molecule has 1 aromatic carbocycles. The first-order chi connectivity index (χ1) is 8.75. The molecule has 2 rings (SSSR count). The minimum atomic E-state index is -0.0882. The van der Waals surface area contributed by atoms with Crippen molar-refractivity contribution in [2.45, 2.75) is 25.8 Å². The largest absolute Gasteiger partial charge is 0.299 e. The Kier molecular flexibility index (Phi) is 4.53. The molecule has 3 nitrogen and oxygen atoms in total. The lowest BCUT2D eigenvalue weighted by molar-refractivity contribution is 0.585. The normalized spacial score (nSPS) is 10.5. The Morgan fingerprint density at radius 3 is 2.67 bits per heavy atom. The van der Waals surface area contributed by atoms with Crippen LogP contribution in [0.15, 0.2) is 47.5 Å². The van der Waals surface area contributed by atoms with Crippen molar-refractivity contribution in [2.75, 3.05) is 0 Å². The van der Waals surface area contributed by atoms with Gasteiger partial charge in [0.1, 0.15) is 5.15 Å². The number of hydrogen-bond acceptors (Lipinski definition) is 2. The van der Waals surface area contributed by atoms with E-state index >= 15 is 0 Å². The van der Waals surface area contributed by atoms with Gasteiger partial charge in [-0.2, -0.15) is 0 Å². The molecule has 0 aliphatic carbocycles. The van der Waals surface area contributed by atoms with Gasteiger partial charge in [-0.15, -0.1) is 0 Å². The molecule has 0 aliphatic heterocycles. The number of unbranched alkanes of at least 4 members (excludes halogenated alkanes) is 1. The van der Waals surface area contributed by atoms with E-state index in [9.17, 15) is 4.79 Å². The van der Waals surface area contributed by atoms with Crippen molar-refractivity contribution in [3.63, 3.8) is 0 Å². The fourth-order valence-electron chi connectivity index (χ4n) is 1.83. The SMILES string of the molecule is O=c1cc(Cl)ncn1CCCCc1ccccc1. The molecular formula is C14H15ClN2O. The average Bonchev–Trinajstić information content (AvgIpc) is 2.38. The summed E-state index contributed by atoms with van der Waals surface area (Å²) in [4.78, 5) is 15.4. The van der Waals surface area contributed by atoms with E-state index in [4.69, 9.17) is 11.6 Å². The molecule has 0 atom stereocenters. The molecule has 0 unspecified atom stereocenters. The smallest absolute Gasteiger partial charge is 0.254 e. The highest BCUT2D eigenvalue weighted by Crippen LogP contribution is 2.05. The van der Waals surface area contributed by atoms with Gasteiger partial charge < -0.3 is 0 Å². The average molecular weight is 263 g/mol. The molecular weight excluding hydrogens is 248 g/mol. The van der Waals surface area contributed by atoms with Gasteiger partial charge in [0.2, 0.25) is 0 Å². The maximum absolute atomic E-state index is 11.5. The summed E-state index contributed by atoms with van der Waals surface area (Å²) in [5.74, 6) is 0. The van der Waals surface area contributed by atoms with Crippen molar-refractivity contribution < 1.29 is 0 Å². The van der Waals surface area contributed by atoms with Crippen LogP contribution in [0.3, 0.4) is 0 Å². The zero-order valence-electron chi connectivity index (χ0n) is 10.1. The van der Waals surface area contributed by atoms with E-state index in [1.807, 2.05) is 18.2 Å². The van der Waals surface area contributed by atoms with Gasteiger partial charge in [0.05, 0.1) is 6.33 Å². The van der Waals surface area contributed by atoms with Crippen LogP contribution in [0.2, 0.25) is 5.15 Å². The van der Waals surface area contributed by atoms with E-state index < -0.39 is 0 Å². The molecule has 0 saturated heterocycles. The highest BCUT2D eigenvalue weighted by molar-refractivity contribution is 6.29. The molecule has 0 N–H and O–H groups in total. The van der Waals surface area contributed by atoms with Crippen LogP contribution >= 0.6 is 11.6 Å². The van der Waals surface area contributed by atoms with Crippen LogP contribution in [0.5, 0.6) is 0 Å². The molecule has 1 aromatic heterocycles. The molecule has 0 saturated carbocycles. The maximum Gasteiger partial charge on any atom is 0.254 e. The maximum atomic E-state index is 11.5. The van der Waals surface area contributed by atoms with E-state index in [0.717, 1.165) is 19.3 Å². The van der Waals surface area contributed by atoms with Crippen LogP contribution in [-0.2, 0) is 13.0 Å². The lowest BCUT2D eigenvalue weighted by atomic mass is 10.1. The number of rotatable bonds is 5. The highest BCUT2D eigenvalue weighted by Gasteiger charge is 1.98. The second-order valence-corrected chi connectivity index (χ2v) is 4.57. The third kappa shape index (κ3) is 3.70. The highest BCUT2D eigenvalue weighted by atomic mass is 35.5. The molecule has 0 spiro atoms. The fraction of sp³-hybridized carbons (Fsp3) is 0.286. The second kappa shape index (κ2) is 6.36. The Morgan fingerprint density at radius 2 is 1.94 bits per heavy atom. The van der Waals surface area contributed by atoms with E-state index in [0.29, 0.717) is 6.54 Å². The summed E-state index contributed by atoms with van der Waals surface area (Å²) >= 11 is 5.63. The molecule has 0 bridgehead atoms. The molecule has 0 radical (unpaired) electrons. The van der Waals surface area contributed by atoms with Crippen molar-refractivity contribution in [1.82, 2.24) is 9.55 Å². The summed E-state index contributed by atoms with van der Waals surface area (Å²) in [5, 5.41) is 0.250. The molecule has 0 fully saturated rings. The predicted octanol–water partition coefficient (Wildman–Crippen LogP) is 2.92. The van der Waals surface area contributed by atoms with Gasteiger partial charge >= 0.3 is 0 Å². The minimum absolute atomic E-state index is 0.0882. The van der Waals surface area contributed by atoms with Crippen molar-refractivity contribution in [1.29, 1.82) is 0 Å². The summed E-state index contributed by atoms with van der Waals surface area (Å²) in [6.07, 6.45) is 4.56. The Hall–Kier alpha value is -1.61. The third-order valence-corrected chi connectivity index (χ3v) is 3.01. The van der Waals surface area contributed by atoms with Crippen molar-refractivity contribution >= 4 is 11.6 Å². The van der Waals surface area contributed by atoms with Crippen molar-refractivity contribution in [3.05, 3.63) is 63.8 Å². The minimum Gasteiger partial charge on any atom is -0.299 e. The van der Waals surface area contributed by atoms with Gasteiger partial charge in [-0.1, -0.05) is 41.9 Å². The summed E-state index contributed by atoms with van der Waals surface area (Å²) in [6, 6.07) is 11.7. The molecule has 94 valence electrons. The third-order valence-electron chi connectivity index (χ3n) is 2.80. The molecule has 0 aliphatic rings. The van der Waals surface area contributed by atoms with E-state index in [1.54, 1.807) is 4.57 Å². The number of aryl methyl sites for hydroxylation is 2. The Balaban J connectivity index is 1.80. The van der Waals surface area contributed by atoms with Crippen LogP contribution in [0.4, 0.5) is 0 Å². The van der Waals surface area contributed by atoms with Crippen molar-refractivity contribution in [2.24, 2.45) is 0 Å². The summed E-state index contributed by atoms with van der Waals surface area (Å²) in [7, 11) is 0. The number of halogens is 1. The fourth-order valence-corrected chi connectivity index (χ4v) is 1.96. The zero-order chi connectivity index (χ0) is 12.8. The molecule has 2 aromatic rings. The van der Waals surface area contributed by atoms with Gasteiger partial charge in [-0.3, -0.25) is 9.36 Å². The van der Waals surface area contributed by atoms with E-state index in [2.05, 4.69) is 17.1 Å². The predicted molar refractivity (Wildman–Crippen MR) is 72.9 cm³/mol. The van der Waals surface area contributed by atoms with Crippen LogP contribution < -0.4 is 5.56 Å². The summed E-state index contributed by atoms with van der Waals surface area (Å²) in [6.45, 7) is 0.690. The topological polar surface area (TPSA) is 34.9 Å². The molecule has 18 heavy (non-hydrogen) atoms. The molecule has 1 heterocycles. The summed E-state index contributed by atoms with van der Waals surface area (Å²) < 4.78 is 1.59. The number of benzene rings is 1. The van der Waals surface area contributed by atoms with Gasteiger partial charge in [-0.25, -0.2) is 4.98 Å². The number of hydrogen-bond donors (Lipinski definition) is 0. The van der Waals surface area contributed by atoms with Crippen LogP contribution in [0.1, 0.15) is 18.4 Å². The van der Waals surface area contributed by atoms with Gasteiger partial charge in [0, 0.05) is 12.6 Å². The van der Waals surface area contributed by atoms with Crippen LogP contribution in [0, 0.1) is 0 Å². The Labute approximate surface area is 111 Å². The molecule has 4 heteroatoms. The van der Waals surface area contributed by atoms with Crippen LogP contribution in [-0.4, -0.2) is 9.55 Å². The first-order valence-electron chi connectivity index (χ1n) is 6.01. The Morgan fingerprint density at radius 1 is 1.17 bits per heavy atom. The van der Waals surface area contributed by atoms with E-state index in [1.165, 1.54) is 18.0 Å². The first-order valence-corrected chi connectivity index (χ1v) is 6.39. The van der Waals surface area contributed by atoms with Gasteiger partial charge in [-0.05, 0) is 24.8 Å². The van der Waals surface area contributed by atoms with Gasteiger partial charge in [0.15, 0.2) is 0 Å². The van der Waals surface area contributed by atoms with Crippen LogP contribution in [0.25, 0.3) is 0 Å². The first kappa shape index (κ1) is 12.8. The lowest BCUT2D eigenvalue weighted by Gasteiger charge is -2.05. The second-order valence-electron chi connectivity index (χ2n) is 4.19. The summed E-state index contributed by atoms with van der Waals surface area (Å²) in [5.41, 5.74) is 1.24. The standard InChI is InChI=1S/C14H15ClN2O/c15-13-10-14(18)17(11-16-13)9-5-4-8-12-6-2-1-3-7-12/h1-3,6-7,10-11H,4-5,8-9H2. The lowest BCUT2D eigenvalue weighted by Crippen LogP contribution is -2.19. The molecule has 0 amide bonds. The van der Waals surface area contributed by atoms with E-state index in [-0.39, 0.29) is 10.7 Å². The number of aromatic nitrogens is 2. The Bertz CT molecular complexity index is 551. The zero-order valence-corrected chi connectivity index (χ0v) is 10.8. The monoisotopic (exact) mass is 262 g/mol. The number of nitrogens with zero attached hydrogens (tertiary/aromatic N) is 2.